The van der Waals surface area contributed by atoms with Crippen molar-refractivity contribution in [3.8, 4) is 5.69 Å². The van der Waals surface area contributed by atoms with Crippen molar-refractivity contribution in [1.29, 1.82) is 0 Å². The Morgan fingerprint density at radius 2 is 1.81 bits per heavy atom. The molecule has 2 aromatic heterocycles. The fourth-order valence-corrected chi connectivity index (χ4v) is 3.64. The molecule has 2 unspecified atom stereocenters. The molecule has 0 spiro atoms. The summed E-state index contributed by atoms with van der Waals surface area (Å²) in [6.45, 7) is 3.50. The van der Waals surface area contributed by atoms with Gasteiger partial charge < -0.3 is 15.2 Å². The molecule has 166 valence electrons. The molecule has 2 atom stereocenters. The van der Waals surface area contributed by atoms with E-state index in [-0.39, 0.29) is 12.1 Å². The van der Waals surface area contributed by atoms with Crippen LogP contribution in [-0.2, 0) is 5.60 Å². The summed E-state index contributed by atoms with van der Waals surface area (Å²) in [5, 5.41) is 25.5. The average Bonchev–Trinajstić information content (AvgIpc) is 3.40. The van der Waals surface area contributed by atoms with Crippen LogP contribution in [0.1, 0.15) is 29.3 Å². The SMILES string of the molecule is C=CCC(O)c1cc(C(O)(c2ccc3c(cnn3-c3ccc(F)cc3)c2)C(F)(F)F)c[nH]1. The van der Waals surface area contributed by atoms with Crippen molar-refractivity contribution < 1.29 is 27.8 Å². The Morgan fingerprint density at radius 3 is 2.47 bits per heavy atom. The molecule has 0 radical (unpaired) electrons. The van der Waals surface area contributed by atoms with Gasteiger partial charge in [0.2, 0.25) is 5.60 Å². The highest BCUT2D eigenvalue weighted by atomic mass is 19.4. The molecule has 4 rings (SSSR count). The summed E-state index contributed by atoms with van der Waals surface area (Å²) >= 11 is 0. The number of halogens is 4. The zero-order chi connectivity index (χ0) is 23.1. The Labute approximate surface area is 180 Å². The van der Waals surface area contributed by atoms with Crippen LogP contribution in [0, 0.1) is 5.82 Å². The van der Waals surface area contributed by atoms with E-state index in [4.69, 9.17) is 0 Å². The topological polar surface area (TPSA) is 74.1 Å². The summed E-state index contributed by atoms with van der Waals surface area (Å²) in [4.78, 5) is 2.60. The predicted octanol–water partition coefficient (Wildman–Crippen LogP) is 4.90. The lowest BCUT2D eigenvalue weighted by atomic mass is 9.86. The minimum atomic E-state index is -5.05. The number of aliphatic hydroxyl groups is 2. The molecule has 0 saturated carbocycles. The van der Waals surface area contributed by atoms with Crippen molar-refractivity contribution in [2.75, 3.05) is 0 Å². The van der Waals surface area contributed by atoms with Gasteiger partial charge >= 0.3 is 6.18 Å². The van der Waals surface area contributed by atoms with E-state index in [2.05, 4.69) is 16.7 Å². The van der Waals surface area contributed by atoms with E-state index in [9.17, 15) is 27.8 Å². The van der Waals surface area contributed by atoms with Gasteiger partial charge in [-0.05, 0) is 54.4 Å². The number of aromatic nitrogens is 3. The highest BCUT2D eigenvalue weighted by molar-refractivity contribution is 5.81. The maximum absolute atomic E-state index is 14.1. The minimum Gasteiger partial charge on any atom is -0.387 e. The van der Waals surface area contributed by atoms with Crippen molar-refractivity contribution in [2.24, 2.45) is 0 Å². The number of hydrogen-bond acceptors (Lipinski definition) is 3. The van der Waals surface area contributed by atoms with Gasteiger partial charge in [0.25, 0.3) is 0 Å². The molecule has 0 aliphatic carbocycles. The maximum atomic E-state index is 14.1. The quantitative estimate of drug-likeness (QED) is 0.292. The van der Waals surface area contributed by atoms with Gasteiger partial charge in [-0.3, -0.25) is 0 Å². The Hall–Kier alpha value is -3.43. The number of rotatable bonds is 6. The Bertz CT molecular complexity index is 1260. The van der Waals surface area contributed by atoms with Gasteiger partial charge in [-0.2, -0.15) is 18.3 Å². The molecule has 0 saturated heterocycles. The largest absolute Gasteiger partial charge is 0.425 e. The molecular formula is C23H19F4N3O2. The predicted molar refractivity (Wildman–Crippen MR) is 111 cm³/mol. The zero-order valence-corrected chi connectivity index (χ0v) is 16.6. The first kappa shape index (κ1) is 21.8. The number of aliphatic hydroxyl groups excluding tert-OH is 1. The number of alkyl halides is 3. The summed E-state index contributed by atoms with van der Waals surface area (Å²) in [6.07, 6.45) is -2.14. The fraction of sp³-hybridized carbons (Fsp3) is 0.174. The molecular weight excluding hydrogens is 426 g/mol. The number of hydrogen-bond donors (Lipinski definition) is 3. The number of fused-ring (bicyclic) bond motifs is 1. The van der Waals surface area contributed by atoms with Gasteiger partial charge in [-0.15, -0.1) is 6.58 Å². The molecule has 2 heterocycles. The van der Waals surface area contributed by atoms with Crippen molar-refractivity contribution in [1.82, 2.24) is 14.8 Å². The van der Waals surface area contributed by atoms with E-state index in [0.717, 1.165) is 12.3 Å². The standard InChI is InChI=1S/C23H19F4N3O2/c1-2-3-21(31)19-11-16(13-28-19)22(32,23(25,26)27)15-4-9-20-14(10-15)12-29-30(20)18-7-5-17(24)6-8-18/h2,4-13,21,28,31-32H,1,3H2. The smallest absolute Gasteiger partial charge is 0.387 e. The summed E-state index contributed by atoms with van der Waals surface area (Å²) in [5.74, 6) is -0.424. The first-order chi connectivity index (χ1) is 15.1. The van der Waals surface area contributed by atoms with Crippen LogP contribution in [0.25, 0.3) is 16.6 Å². The second kappa shape index (κ2) is 7.92. The molecule has 5 nitrogen and oxygen atoms in total. The van der Waals surface area contributed by atoms with Gasteiger partial charge in [-0.25, -0.2) is 9.07 Å². The summed E-state index contributed by atoms with van der Waals surface area (Å²) in [7, 11) is 0. The summed E-state index contributed by atoms with van der Waals surface area (Å²) < 4.78 is 57.1. The lowest BCUT2D eigenvalue weighted by Gasteiger charge is -2.30. The highest BCUT2D eigenvalue weighted by Crippen LogP contribution is 2.45. The van der Waals surface area contributed by atoms with Crippen LogP contribution in [-0.4, -0.2) is 31.2 Å². The van der Waals surface area contributed by atoms with Crippen LogP contribution in [0.15, 0.2) is 73.6 Å². The van der Waals surface area contributed by atoms with Crippen LogP contribution < -0.4 is 0 Å². The molecule has 0 amide bonds. The Morgan fingerprint density at radius 1 is 1.09 bits per heavy atom. The molecule has 0 aliphatic heterocycles. The third kappa shape index (κ3) is 3.59. The third-order valence-corrected chi connectivity index (χ3v) is 5.34. The normalized spacial score (nSPS) is 14.9. The molecule has 0 bridgehead atoms. The van der Waals surface area contributed by atoms with E-state index < -0.39 is 34.8 Å². The van der Waals surface area contributed by atoms with E-state index in [0.29, 0.717) is 16.6 Å². The lowest BCUT2D eigenvalue weighted by molar-refractivity contribution is -0.248. The van der Waals surface area contributed by atoms with E-state index in [1.807, 2.05) is 0 Å². The summed E-state index contributed by atoms with van der Waals surface area (Å²) in [6, 6.07) is 10.4. The molecule has 32 heavy (non-hydrogen) atoms. The van der Waals surface area contributed by atoms with Gasteiger partial charge in [0, 0.05) is 22.8 Å². The van der Waals surface area contributed by atoms with Gasteiger partial charge in [0.05, 0.1) is 23.5 Å². The van der Waals surface area contributed by atoms with Gasteiger partial charge in [0.1, 0.15) is 5.82 Å². The van der Waals surface area contributed by atoms with Crippen LogP contribution in [0.3, 0.4) is 0 Å². The summed E-state index contributed by atoms with van der Waals surface area (Å²) in [5.41, 5.74) is -3.02. The molecule has 3 N–H and O–H groups in total. The number of H-pyrrole nitrogens is 1. The second-order valence-electron chi connectivity index (χ2n) is 7.40. The highest BCUT2D eigenvalue weighted by Gasteiger charge is 2.56. The first-order valence-electron chi connectivity index (χ1n) is 9.66. The van der Waals surface area contributed by atoms with Crippen LogP contribution >= 0.6 is 0 Å². The van der Waals surface area contributed by atoms with Crippen molar-refractivity contribution >= 4 is 10.9 Å². The first-order valence-corrected chi connectivity index (χ1v) is 9.66. The van der Waals surface area contributed by atoms with E-state index in [1.165, 1.54) is 59.4 Å². The van der Waals surface area contributed by atoms with Crippen LogP contribution in [0.2, 0.25) is 0 Å². The van der Waals surface area contributed by atoms with Gasteiger partial charge in [0.15, 0.2) is 0 Å². The second-order valence-corrected chi connectivity index (χ2v) is 7.40. The van der Waals surface area contributed by atoms with Crippen LogP contribution in [0.4, 0.5) is 17.6 Å². The van der Waals surface area contributed by atoms with Crippen molar-refractivity contribution in [2.45, 2.75) is 24.3 Å². The van der Waals surface area contributed by atoms with Crippen molar-refractivity contribution in [3.63, 3.8) is 0 Å². The van der Waals surface area contributed by atoms with Crippen molar-refractivity contribution in [3.05, 3.63) is 96.2 Å². The molecule has 4 aromatic rings. The average molecular weight is 445 g/mol. The third-order valence-electron chi connectivity index (χ3n) is 5.34. The fourth-order valence-electron chi connectivity index (χ4n) is 3.64. The Balaban J connectivity index is 1.80. The Kier molecular flexibility index (Phi) is 5.39. The molecule has 9 heteroatoms. The minimum absolute atomic E-state index is 0.132. The molecule has 2 aromatic carbocycles. The zero-order valence-electron chi connectivity index (χ0n) is 16.6. The van der Waals surface area contributed by atoms with Gasteiger partial charge in [-0.1, -0.05) is 12.1 Å². The van der Waals surface area contributed by atoms with E-state index in [1.54, 1.807) is 0 Å². The van der Waals surface area contributed by atoms with E-state index >= 15 is 0 Å². The molecule has 0 aliphatic rings. The lowest BCUT2D eigenvalue weighted by Crippen LogP contribution is -2.43. The number of nitrogens with one attached hydrogen (secondary N) is 1. The molecule has 0 fully saturated rings. The number of benzene rings is 2. The number of nitrogens with zero attached hydrogens (tertiary/aromatic N) is 2. The maximum Gasteiger partial charge on any atom is 0.425 e. The number of aromatic amines is 1. The monoisotopic (exact) mass is 445 g/mol. The van der Waals surface area contributed by atoms with Crippen LogP contribution in [0.5, 0.6) is 0 Å².